The summed E-state index contributed by atoms with van der Waals surface area (Å²) >= 11 is 0. The minimum Gasteiger partial charge on any atom is -0.466 e. The van der Waals surface area contributed by atoms with Crippen molar-refractivity contribution in [3.8, 4) is 0 Å². The molecule has 0 amide bonds. The largest absolute Gasteiger partial charge is 0.466 e. The van der Waals surface area contributed by atoms with Crippen molar-refractivity contribution in [1.82, 2.24) is 0 Å². The Hall–Kier alpha value is -1.62. The fourth-order valence-electron chi connectivity index (χ4n) is 2.81. The van der Waals surface area contributed by atoms with Crippen LogP contribution in [-0.2, 0) is 19.1 Å². The number of hydrogen-bond acceptors (Lipinski definition) is 4. The van der Waals surface area contributed by atoms with Crippen LogP contribution in [-0.4, -0.2) is 49.3 Å². The van der Waals surface area contributed by atoms with Crippen molar-refractivity contribution >= 4 is 11.9 Å². The summed E-state index contributed by atoms with van der Waals surface area (Å²) in [4.78, 5) is 22.8. The second-order valence-electron chi connectivity index (χ2n) is 6.88. The number of carbonyl (C=O) groups is 2. The molecule has 170 valence electrons. The Morgan fingerprint density at radius 3 is 1.90 bits per heavy atom. The Labute approximate surface area is 161 Å². The maximum absolute atomic E-state index is 13.2. The average Bonchev–Trinajstić information content (AvgIpc) is 2.65. The van der Waals surface area contributed by atoms with Gasteiger partial charge in [0.05, 0.1) is 19.4 Å². The van der Waals surface area contributed by atoms with Gasteiger partial charge in [-0.3, -0.25) is 9.59 Å². The number of esters is 2. The monoisotopic (exact) mass is 442 g/mol. The summed E-state index contributed by atoms with van der Waals surface area (Å²) in [6, 6.07) is 0. The minimum atomic E-state index is -6.45. The van der Waals surface area contributed by atoms with Gasteiger partial charge in [0.1, 0.15) is 0 Å². The van der Waals surface area contributed by atoms with Crippen LogP contribution in [0.25, 0.3) is 0 Å². The van der Waals surface area contributed by atoms with Gasteiger partial charge in [-0.2, -0.15) is 26.3 Å². The number of rotatable bonds is 11. The number of carbonyl (C=O) groups excluding carboxylic acids is 2. The first kappa shape index (κ1) is 25.4. The lowest BCUT2D eigenvalue weighted by Crippen LogP contribution is -2.59. The molecule has 1 aliphatic carbocycles. The first-order valence-corrected chi connectivity index (χ1v) is 9.04. The van der Waals surface area contributed by atoms with Gasteiger partial charge < -0.3 is 9.47 Å². The van der Waals surface area contributed by atoms with Gasteiger partial charge in [-0.15, -0.1) is 0 Å². The average molecular weight is 442 g/mol. The summed E-state index contributed by atoms with van der Waals surface area (Å²) in [5.74, 6) is -20.5. The van der Waals surface area contributed by atoms with Crippen LogP contribution in [0.3, 0.4) is 0 Å². The Morgan fingerprint density at radius 1 is 0.862 bits per heavy atom. The molecule has 0 spiro atoms. The second kappa shape index (κ2) is 10.4. The molecule has 0 bridgehead atoms. The molecule has 0 N–H and O–H groups in total. The molecule has 12 heteroatoms. The van der Waals surface area contributed by atoms with Crippen molar-refractivity contribution in [2.24, 2.45) is 5.92 Å². The lowest BCUT2D eigenvalue weighted by molar-refractivity contribution is -0.344. The molecule has 1 saturated carbocycles. The molecule has 0 aromatic rings. The minimum absolute atomic E-state index is 0.103. The first-order valence-electron chi connectivity index (χ1n) is 9.04. The highest BCUT2D eigenvalue weighted by molar-refractivity contribution is 5.77. The second-order valence-corrected chi connectivity index (χ2v) is 6.88. The van der Waals surface area contributed by atoms with Crippen molar-refractivity contribution in [3.63, 3.8) is 0 Å². The van der Waals surface area contributed by atoms with Crippen LogP contribution < -0.4 is 0 Å². The zero-order valence-corrected chi connectivity index (χ0v) is 15.4. The van der Waals surface area contributed by atoms with E-state index in [1.54, 1.807) is 0 Å². The highest BCUT2D eigenvalue weighted by Gasteiger charge is 2.75. The molecule has 4 nitrogen and oxygen atoms in total. The molecule has 0 heterocycles. The molecule has 0 unspecified atom stereocenters. The van der Waals surface area contributed by atoms with Crippen LogP contribution in [0.5, 0.6) is 0 Å². The Bertz CT molecular complexity index is 548. The topological polar surface area (TPSA) is 52.6 Å². The lowest BCUT2D eigenvalue weighted by atomic mass is 9.87. The summed E-state index contributed by atoms with van der Waals surface area (Å²) in [6.07, 6.45) is -0.454. The maximum atomic E-state index is 13.2. The van der Waals surface area contributed by atoms with Gasteiger partial charge in [0.15, 0.2) is 6.61 Å². The van der Waals surface area contributed by atoms with Gasteiger partial charge in [0.25, 0.3) is 0 Å². The third kappa shape index (κ3) is 6.98. The van der Waals surface area contributed by atoms with Crippen LogP contribution in [0.15, 0.2) is 0 Å². The van der Waals surface area contributed by atoms with Crippen LogP contribution in [0.1, 0.15) is 51.4 Å². The molecule has 0 aromatic heterocycles. The third-order valence-corrected chi connectivity index (χ3v) is 4.61. The molecular weight excluding hydrogens is 420 g/mol. The van der Waals surface area contributed by atoms with Crippen molar-refractivity contribution in [2.45, 2.75) is 75.6 Å². The van der Waals surface area contributed by atoms with E-state index in [0.29, 0.717) is 12.3 Å². The van der Waals surface area contributed by atoms with E-state index in [2.05, 4.69) is 4.74 Å². The molecule has 1 rings (SSSR count). The molecule has 0 saturated heterocycles. The van der Waals surface area contributed by atoms with E-state index < -0.39 is 55.6 Å². The summed E-state index contributed by atoms with van der Waals surface area (Å²) in [7, 11) is 0. The summed E-state index contributed by atoms with van der Waals surface area (Å²) in [6.45, 7) is -2.44. The Balaban J connectivity index is 2.35. The summed E-state index contributed by atoms with van der Waals surface area (Å²) in [5, 5.41) is 0. The SMILES string of the molecule is O=C(CCC(=O)OCC(F)(F)C(F)(F)C(F)(F)C(F)F)OCCC1CCCCC1. The van der Waals surface area contributed by atoms with E-state index in [1.807, 2.05) is 0 Å². The van der Waals surface area contributed by atoms with Gasteiger partial charge in [-0.1, -0.05) is 32.1 Å². The number of ether oxygens (including phenoxy) is 2. The Morgan fingerprint density at radius 2 is 1.38 bits per heavy atom. The van der Waals surface area contributed by atoms with Crippen LogP contribution in [0.4, 0.5) is 35.1 Å². The van der Waals surface area contributed by atoms with Gasteiger partial charge >= 0.3 is 36.1 Å². The van der Waals surface area contributed by atoms with E-state index in [0.717, 1.165) is 32.1 Å². The maximum Gasteiger partial charge on any atom is 0.381 e. The lowest BCUT2D eigenvalue weighted by Gasteiger charge is -2.31. The van der Waals surface area contributed by atoms with Gasteiger partial charge in [-0.25, -0.2) is 8.78 Å². The summed E-state index contributed by atoms with van der Waals surface area (Å²) < 4.78 is 110. The van der Waals surface area contributed by atoms with E-state index in [-0.39, 0.29) is 6.61 Å². The van der Waals surface area contributed by atoms with Gasteiger partial charge in [0.2, 0.25) is 0 Å². The number of halogens is 8. The molecule has 0 aliphatic heterocycles. The molecule has 29 heavy (non-hydrogen) atoms. The number of alkyl halides is 8. The smallest absolute Gasteiger partial charge is 0.381 e. The molecule has 0 radical (unpaired) electrons. The zero-order valence-electron chi connectivity index (χ0n) is 15.4. The first-order chi connectivity index (χ1) is 13.3. The fourth-order valence-corrected chi connectivity index (χ4v) is 2.81. The highest BCUT2D eigenvalue weighted by atomic mass is 19.4. The van der Waals surface area contributed by atoms with E-state index >= 15 is 0 Å². The van der Waals surface area contributed by atoms with Crippen LogP contribution in [0, 0.1) is 5.92 Å². The predicted octanol–water partition coefficient (Wildman–Crippen LogP) is 4.99. The van der Waals surface area contributed by atoms with E-state index in [9.17, 15) is 44.7 Å². The van der Waals surface area contributed by atoms with Crippen LogP contribution >= 0.6 is 0 Å². The molecule has 1 aliphatic rings. The number of hydrogen-bond donors (Lipinski definition) is 0. The zero-order chi connectivity index (χ0) is 22.3. The Kier molecular flexibility index (Phi) is 9.13. The van der Waals surface area contributed by atoms with Gasteiger partial charge in [0, 0.05) is 0 Å². The highest BCUT2D eigenvalue weighted by Crippen LogP contribution is 2.48. The molecule has 0 atom stereocenters. The van der Waals surface area contributed by atoms with Crippen molar-refractivity contribution in [3.05, 3.63) is 0 Å². The van der Waals surface area contributed by atoms with Crippen molar-refractivity contribution < 1.29 is 54.2 Å². The summed E-state index contributed by atoms with van der Waals surface area (Å²) in [5.41, 5.74) is 0. The quantitative estimate of drug-likeness (QED) is 0.334. The van der Waals surface area contributed by atoms with E-state index in [4.69, 9.17) is 4.74 Å². The van der Waals surface area contributed by atoms with Crippen molar-refractivity contribution in [1.29, 1.82) is 0 Å². The molecule has 0 aromatic carbocycles. The van der Waals surface area contributed by atoms with Crippen LogP contribution in [0.2, 0.25) is 0 Å². The standard InChI is InChI=1S/C17H22F8O4/c18-14(19)16(22,23)17(24,25)15(20,21)10-29-13(27)7-6-12(26)28-9-8-11-4-2-1-3-5-11/h11,14H,1-10H2. The fraction of sp³-hybridized carbons (Fsp3) is 0.882. The van der Waals surface area contributed by atoms with Gasteiger partial charge in [-0.05, 0) is 12.3 Å². The van der Waals surface area contributed by atoms with Crippen molar-refractivity contribution in [2.75, 3.05) is 13.2 Å². The molecule has 1 fully saturated rings. The third-order valence-electron chi connectivity index (χ3n) is 4.61. The predicted molar refractivity (Wildman–Crippen MR) is 83.2 cm³/mol. The normalized spacial score (nSPS) is 16.7. The van der Waals surface area contributed by atoms with E-state index in [1.165, 1.54) is 0 Å². The molecular formula is C17H22F8O4.